The molecule has 0 bridgehead atoms. The fourth-order valence-electron chi connectivity index (χ4n) is 1.49. The average molecular weight is 202 g/mol. The third kappa shape index (κ3) is 2.88. The highest BCUT2D eigenvalue weighted by Crippen LogP contribution is 2.14. The van der Waals surface area contributed by atoms with Gasteiger partial charge >= 0.3 is 6.09 Å². The van der Waals surface area contributed by atoms with Crippen molar-refractivity contribution < 1.29 is 19.8 Å². The summed E-state index contributed by atoms with van der Waals surface area (Å²) in [6.07, 6.45) is -0.154. The van der Waals surface area contributed by atoms with E-state index in [2.05, 4.69) is 5.32 Å². The van der Waals surface area contributed by atoms with Gasteiger partial charge in [0.2, 0.25) is 5.91 Å². The first kappa shape index (κ1) is 10.8. The number of amides is 2. The SMILES string of the molecule is O=C(CO)NCC1CCN(C(=O)O)C1. The Morgan fingerprint density at radius 2 is 2.21 bits per heavy atom. The molecule has 0 saturated carbocycles. The molecule has 14 heavy (non-hydrogen) atoms. The zero-order valence-corrected chi connectivity index (χ0v) is 7.77. The highest BCUT2D eigenvalue weighted by atomic mass is 16.4. The number of nitrogens with one attached hydrogen (secondary N) is 1. The van der Waals surface area contributed by atoms with Crippen LogP contribution in [0.1, 0.15) is 6.42 Å². The number of carbonyl (C=O) groups is 2. The van der Waals surface area contributed by atoms with E-state index in [1.54, 1.807) is 0 Å². The Morgan fingerprint density at radius 3 is 2.71 bits per heavy atom. The lowest BCUT2D eigenvalue weighted by Gasteiger charge is -2.12. The van der Waals surface area contributed by atoms with Crippen molar-refractivity contribution in [3.8, 4) is 0 Å². The summed E-state index contributed by atoms with van der Waals surface area (Å²) in [7, 11) is 0. The summed E-state index contributed by atoms with van der Waals surface area (Å²) >= 11 is 0. The molecule has 1 saturated heterocycles. The molecule has 1 unspecified atom stereocenters. The molecule has 0 aromatic rings. The molecule has 1 heterocycles. The van der Waals surface area contributed by atoms with Crippen LogP contribution in [0.5, 0.6) is 0 Å². The van der Waals surface area contributed by atoms with E-state index in [9.17, 15) is 9.59 Å². The smallest absolute Gasteiger partial charge is 0.407 e. The van der Waals surface area contributed by atoms with Gasteiger partial charge in [-0.3, -0.25) is 4.79 Å². The predicted molar refractivity (Wildman–Crippen MR) is 47.8 cm³/mol. The molecule has 1 fully saturated rings. The van der Waals surface area contributed by atoms with Crippen molar-refractivity contribution in [3.63, 3.8) is 0 Å². The number of likely N-dealkylation sites (tertiary alicyclic amines) is 1. The molecule has 1 atom stereocenters. The van der Waals surface area contributed by atoms with Crippen LogP contribution < -0.4 is 5.32 Å². The monoisotopic (exact) mass is 202 g/mol. The van der Waals surface area contributed by atoms with Crippen LogP contribution in [0.25, 0.3) is 0 Å². The van der Waals surface area contributed by atoms with Crippen LogP contribution in [-0.4, -0.2) is 53.4 Å². The maximum absolute atomic E-state index is 10.7. The van der Waals surface area contributed by atoms with Gasteiger partial charge in [-0.05, 0) is 12.3 Å². The second-order valence-electron chi connectivity index (χ2n) is 3.35. The van der Waals surface area contributed by atoms with Crippen LogP contribution in [0.3, 0.4) is 0 Å². The summed E-state index contributed by atoms with van der Waals surface area (Å²) in [5, 5.41) is 19.6. The number of aliphatic hydroxyl groups excluding tert-OH is 1. The van der Waals surface area contributed by atoms with Crippen molar-refractivity contribution in [2.45, 2.75) is 6.42 Å². The van der Waals surface area contributed by atoms with Gasteiger partial charge in [-0.1, -0.05) is 0 Å². The zero-order valence-electron chi connectivity index (χ0n) is 7.77. The van der Waals surface area contributed by atoms with Crippen LogP contribution in [0, 0.1) is 5.92 Å². The Labute approximate surface area is 81.5 Å². The molecule has 2 amide bonds. The van der Waals surface area contributed by atoms with E-state index in [1.807, 2.05) is 0 Å². The van der Waals surface area contributed by atoms with Gasteiger partial charge in [0.1, 0.15) is 6.61 Å². The Morgan fingerprint density at radius 1 is 1.50 bits per heavy atom. The summed E-state index contributed by atoms with van der Waals surface area (Å²) in [6, 6.07) is 0. The Hall–Kier alpha value is -1.30. The van der Waals surface area contributed by atoms with Gasteiger partial charge in [-0.15, -0.1) is 0 Å². The zero-order chi connectivity index (χ0) is 10.6. The number of hydrogen-bond donors (Lipinski definition) is 3. The molecule has 0 spiro atoms. The number of carbonyl (C=O) groups excluding carboxylic acids is 1. The molecular weight excluding hydrogens is 188 g/mol. The number of aliphatic hydroxyl groups is 1. The highest BCUT2D eigenvalue weighted by Gasteiger charge is 2.25. The third-order valence-electron chi connectivity index (χ3n) is 2.29. The molecule has 6 nitrogen and oxygen atoms in total. The van der Waals surface area contributed by atoms with Crippen molar-refractivity contribution in [3.05, 3.63) is 0 Å². The lowest BCUT2D eigenvalue weighted by Crippen LogP contribution is -2.33. The average Bonchev–Trinajstić information content (AvgIpc) is 2.62. The lowest BCUT2D eigenvalue weighted by molar-refractivity contribution is -0.123. The minimum Gasteiger partial charge on any atom is -0.465 e. The van der Waals surface area contributed by atoms with E-state index in [-0.39, 0.29) is 5.92 Å². The maximum Gasteiger partial charge on any atom is 0.407 e. The Balaban J connectivity index is 2.22. The number of nitrogens with zero attached hydrogens (tertiary/aromatic N) is 1. The van der Waals surface area contributed by atoms with E-state index in [0.29, 0.717) is 19.6 Å². The fraction of sp³-hybridized carbons (Fsp3) is 0.750. The van der Waals surface area contributed by atoms with Gasteiger partial charge < -0.3 is 20.4 Å². The minimum absolute atomic E-state index is 0.168. The van der Waals surface area contributed by atoms with E-state index in [0.717, 1.165) is 6.42 Å². The van der Waals surface area contributed by atoms with Gasteiger partial charge in [-0.25, -0.2) is 4.79 Å². The fourth-order valence-corrected chi connectivity index (χ4v) is 1.49. The second-order valence-corrected chi connectivity index (χ2v) is 3.35. The Bertz CT molecular complexity index is 231. The molecule has 3 N–H and O–H groups in total. The predicted octanol–water partition coefficient (Wildman–Crippen LogP) is -0.905. The van der Waals surface area contributed by atoms with Gasteiger partial charge in [0, 0.05) is 19.6 Å². The van der Waals surface area contributed by atoms with Crippen molar-refractivity contribution in [2.24, 2.45) is 5.92 Å². The van der Waals surface area contributed by atoms with Crippen LogP contribution in [0.2, 0.25) is 0 Å². The number of carboxylic acid groups (broad SMARTS) is 1. The first-order valence-electron chi connectivity index (χ1n) is 4.49. The lowest BCUT2D eigenvalue weighted by atomic mass is 10.1. The summed E-state index contributed by atoms with van der Waals surface area (Å²) in [5.74, 6) is -0.250. The molecule has 0 aromatic heterocycles. The number of hydrogen-bond acceptors (Lipinski definition) is 3. The summed E-state index contributed by atoms with van der Waals surface area (Å²) in [4.78, 5) is 22.6. The van der Waals surface area contributed by atoms with E-state index in [1.165, 1.54) is 4.90 Å². The van der Waals surface area contributed by atoms with Crippen molar-refractivity contribution >= 4 is 12.0 Å². The first-order valence-corrected chi connectivity index (χ1v) is 4.49. The normalized spacial score (nSPS) is 20.9. The maximum atomic E-state index is 10.7. The molecule has 80 valence electrons. The molecule has 0 aromatic carbocycles. The topological polar surface area (TPSA) is 89.9 Å². The van der Waals surface area contributed by atoms with Crippen LogP contribution in [-0.2, 0) is 4.79 Å². The quantitative estimate of drug-likeness (QED) is 0.553. The van der Waals surface area contributed by atoms with Gasteiger partial charge in [-0.2, -0.15) is 0 Å². The van der Waals surface area contributed by atoms with Crippen molar-refractivity contribution in [1.82, 2.24) is 10.2 Å². The summed E-state index contributed by atoms with van der Waals surface area (Å²) < 4.78 is 0. The summed E-state index contributed by atoms with van der Waals surface area (Å²) in [6.45, 7) is 0.897. The summed E-state index contributed by atoms with van der Waals surface area (Å²) in [5.41, 5.74) is 0. The van der Waals surface area contributed by atoms with Gasteiger partial charge in [0.25, 0.3) is 0 Å². The van der Waals surface area contributed by atoms with Gasteiger partial charge in [0.05, 0.1) is 0 Å². The Kier molecular flexibility index (Phi) is 3.70. The largest absolute Gasteiger partial charge is 0.465 e. The van der Waals surface area contributed by atoms with Crippen molar-refractivity contribution in [2.75, 3.05) is 26.2 Å². The third-order valence-corrected chi connectivity index (χ3v) is 2.29. The molecule has 1 rings (SSSR count). The molecule has 0 radical (unpaired) electrons. The first-order chi connectivity index (χ1) is 6.63. The van der Waals surface area contributed by atoms with Crippen molar-refractivity contribution in [1.29, 1.82) is 0 Å². The van der Waals surface area contributed by atoms with Crippen LogP contribution in [0.15, 0.2) is 0 Å². The molecule has 1 aliphatic heterocycles. The van der Waals surface area contributed by atoms with E-state index >= 15 is 0 Å². The van der Waals surface area contributed by atoms with E-state index < -0.39 is 18.6 Å². The standard InChI is InChI=1S/C8H14N2O4/c11-5-7(12)9-3-6-1-2-10(4-6)8(13)14/h6,11H,1-5H2,(H,9,12)(H,13,14). The van der Waals surface area contributed by atoms with Crippen LogP contribution >= 0.6 is 0 Å². The molecule has 1 aliphatic rings. The molecular formula is C8H14N2O4. The van der Waals surface area contributed by atoms with E-state index in [4.69, 9.17) is 10.2 Å². The minimum atomic E-state index is -0.916. The molecule has 6 heteroatoms. The van der Waals surface area contributed by atoms with Crippen LogP contribution in [0.4, 0.5) is 4.79 Å². The second kappa shape index (κ2) is 4.80. The van der Waals surface area contributed by atoms with Gasteiger partial charge in [0.15, 0.2) is 0 Å². The number of rotatable bonds is 3. The molecule has 0 aliphatic carbocycles. The highest BCUT2D eigenvalue weighted by molar-refractivity contribution is 5.76.